The van der Waals surface area contributed by atoms with Crippen molar-refractivity contribution in [1.82, 2.24) is 0 Å². The standard InChI is InChI=1S/C26H27FN2O/c1-19-22(18-28-23-14-13-20(8-6-16-30)25(27)17-23)12-11-21-7-5-15-29(26(19)21)24-9-3-2-4-10-24/h2-4,9-14,16-17,28H,5-8,15,18H2,1H3. The lowest BCUT2D eigenvalue weighted by atomic mass is 9.94. The molecule has 30 heavy (non-hydrogen) atoms. The van der Waals surface area contributed by atoms with Gasteiger partial charge in [0.15, 0.2) is 0 Å². The number of carbonyl (C=O) groups is 1. The third kappa shape index (κ3) is 4.23. The van der Waals surface area contributed by atoms with Gasteiger partial charge in [0.1, 0.15) is 12.1 Å². The minimum absolute atomic E-state index is 0.265. The quantitative estimate of drug-likeness (QED) is 0.495. The van der Waals surface area contributed by atoms with Gasteiger partial charge in [-0.05, 0) is 72.7 Å². The summed E-state index contributed by atoms with van der Waals surface area (Å²) in [6, 6.07) is 20.1. The molecule has 1 N–H and O–H groups in total. The lowest BCUT2D eigenvalue weighted by Gasteiger charge is -2.34. The van der Waals surface area contributed by atoms with Crippen LogP contribution in [0.15, 0.2) is 60.7 Å². The zero-order valence-corrected chi connectivity index (χ0v) is 17.3. The van der Waals surface area contributed by atoms with Crippen LogP contribution in [0, 0.1) is 12.7 Å². The summed E-state index contributed by atoms with van der Waals surface area (Å²) in [5.74, 6) is -0.265. The Balaban J connectivity index is 1.55. The van der Waals surface area contributed by atoms with Crippen LogP contribution in [-0.2, 0) is 24.2 Å². The first kappa shape index (κ1) is 20.1. The largest absolute Gasteiger partial charge is 0.381 e. The van der Waals surface area contributed by atoms with Gasteiger partial charge in [-0.25, -0.2) is 4.39 Å². The molecule has 4 rings (SSSR count). The number of rotatable bonds is 7. The first-order valence-corrected chi connectivity index (χ1v) is 10.6. The Morgan fingerprint density at radius 1 is 1.07 bits per heavy atom. The summed E-state index contributed by atoms with van der Waals surface area (Å²) in [7, 11) is 0. The van der Waals surface area contributed by atoms with E-state index in [0.717, 1.165) is 31.4 Å². The summed E-state index contributed by atoms with van der Waals surface area (Å²) < 4.78 is 14.3. The van der Waals surface area contributed by atoms with Gasteiger partial charge >= 0.3 is 0 Å². The molecule has 154 valence electrons. The Morgan fingerprint density at radius 2 is 1.87 bits per heavy atom. The van der Waals surface area contributed by atoms with Crippen LogP contribution in [0.5, 0.6) is 0 Å². The highest BCUT2D eigenvalue weighted by Crippen LogP contribution is 2.37. The molecule has 1 heterocycles. The summed E-state index contributed by atoms with van der Waals surface area (Å²) in [6.45, 7) is 3.83. The average molecular weight is 403 g/mol. The lowest BCUT2D eigenvalue weighted by Crippen LogP contribution is -2.26. The maximum atomic E-state index is 14.3. The first-order chi connectivity index (χ1) is 14.7. The molecule has 0 saturated heterocycles. The monoisotopic (exact) mass is 402 g/mol. The molecule has 0 aliphatic carbocycles. The van der Waals surface area contributed by atoms with Crippen molar-refractivity contribution in [3.8, 4) is 0 Å². The van der Waals surface area contributed by atoms with Crippen molar-refractivity contribution in [1.29, 1.82) is 0 Å². The molecule has 3 aromatic carbocycles. The number of hydrogen-bond donors (Lipinski definition) is 1. The minimum Gasteiger partial charge on any atom is -0.381 e. The second kappa shape index (κ2) is 9.12. The first-order valence-electron chi connectivity index (χ1n) is 10.6. The summed E-state index contributed by atoms with van der Waals surface area (Å²) in [5, 5.41) is 3.36. The molecule has 0 aromatic heterocycles. The number of aryl methyl sites for hydroxylation is 2. The highest BCUT2D eigenvalue weighted by molar-refractivity contribution is 5.72. The van der Waals surface area contributed by atoms with E-state index in [2.05, 4.69) is 53.5 Å². The summed E-state index contributed by atoms with van der Waals surface area (Å²) in [4.78, 5) is 12.9. The number of para-hydroxylation sites is 1. The Morgan fingerprint density at radius 3 is 2.63 bits per heavy atom. The third-order valence-corrected chi connectivity index (χ3v) is 5.86. The van der Waals surface area contributed by atoms with E-state index >= 15 is 0 Å². The van der Waals surface area contributed by atoms with Crippen LogP contribution < -0.4 is 10.2 Å². The summed E-state index contributed by atoms with van der Waals surface area (Å²) in [6.07, 6.45) is 3.85. The fourth-order valence-corrected chi connectivity index (χ4v) is 4.24. The second-order valence-electron chi connectivity index (χ2n) is 7.81. The van der Waals surface area contributed by atoms with E-state index in [0.29, 0.717) is 24.9 Å². The SMILES string of the molecule is Cc1c(CNc2ccc(CCC=O)c(F)c2)ccc2c1N(c1ccccc1)CCC2. The molecule has 1 aliphatic rings. The van der Waals surface area contributed by atoms with Crippen LogP contribution in [0.2, 0.25) is 0 Å². The van der Waals surface area contributed by atoms with Crippen LogP contribution in [0.4, 0.5) is 21.5 Å². The van der Waals surface area contributed by atoms with Crippen molar-refractivity contribution < 1.29 is 9.18 Å². The fourth-order valence-electron chi connectivity index (χ4n) is 4.24. The molecule has 0 fully saturated rings. The zero-order chi connectivity index (χ0) is 20.9. The van der Waals surface area contributed by atoms with E-state index in [1.165, 1.54) is 34.1 Å². The van der Waals surface area contributed by atoms with Crippen LogP contribution in [0.1, 0.15) is 35.1 Å². The average Bonchev–Trinajstić information content (AvgIpc) is 2.78. The van der Waals surface area contributed by atoms with Gasteiger partial charge in [-0.15, -0.1) is 0 Å². The van der Waals surface area contributed by atoms with E-state index in [4.69, 9.17) is 0 Å². The fraction of sp³-hybridized carbons (Fsp3) is 0.269. The van der Waals surface area contributed by atoms with E-state index in [1.807, 2.05) is 12.1 Å². The molecule has 1 aliphatic heterocycles. The molecular weight excluding hydrogens is 375 g/mol. The van der Waals surface area contributed by atoms with Crippen molar-refractivity contribution in [3.63, 3.8) is 0 Å². The summed E-state index contributed by atoms with van der Waals surface area (Å²) >= 11 is 0. The van der Waals surface area contributed by atoms with E-state index in [1.54, 1.807) is 6.07 Å². The maximum absolute atomic E-state index is 14.3. The molecule has 0 radical (unpaired) electrons. The summed E-state index contributed by atoms with van der Waals surface area (Å²) in [5.41, 5.74) is 7.72. The van der Waals surface area contributed by atoms with Gasteiger partial charge in [0.2, 0.25) is 0 Å². The van der Waals surface area contributed by atoms with Gasteiger partial charge in [-0.1, -0.05) is 36.4 Å². The van der Waals surface area contributed by atoms with Crippen molar-refractivity contribution in [2.24, 2.45) is 0 Å². The van der Waals surface area contributed by atoms with E-state index in [9.17, 15) is 9.18 Å². The molecule has 0 amide bonds. The number of nitrogens with zero attached hydrogens (tertiary/aromatic N) is 1. The van der Waals surface area contributed by atoms with Gasteiger partial charge in [0.05, 0.1) is 0 Å². The number of carbonyl (C=O) groups excluding carboxylic acids is 1. The molecular formula is C26H27FN2O. The van der Waals surface area contributed by atoms with E-state index < -0.39 is 0 Å². The molecule has 0 atom stereocenters. The zero-order valence-electron chi connectivity index (χ0n) is 17.3. The van der Waals surface area contributed by atoms with Crippen molar-refractivity contribution in [2.45, 2.75) is 39.2 Å². The number of hydrogen-bond acceptors (Lipinski definition) is 3. The molecule has 0 unspecified atom stereocenters. The Labute approximate surface area is 177 Å². The topological polar surface area (TPSA) is 32.3 Å². The number of benzene rings is 3. The van der Waals surface area contributed by atoms with Crippen molar-refractivity contribution in [2.75, 3.05) is 16.8 Å². The number of aldehydes is 1. The Bertz CT molecular complexity index is 1030. The third-order valence-electron chi connectivity index (χ3n) is 5.86. The Kier molecular flexibility index (Phi) is 6.12. The highest BCUT2D eigenvalue weighted by Gasteiger charge is 2.21. The minimum atomic E-state index is -0.265. The van der Waals surface area contributed by atoms with Crippen LogP contribution in [0.25, 0.3) is 0 Å². The van der Waals surface area contributed by atoms with Gasteiger partial charge in [0.25, 0.3) is 0 Å². The molecule has 3 nitrogen and oxygen atoms in total. The van der Waals surface area contributed by atoms with Crippen LogP contribution in [0.3, 0.4) is 0 Å². The predicted octanol–water partition coefficient (Wildman–Crippen LogP) is 5.96. The van der Waals surface area contributed by atoms with Crippen LogP contribution in [-0.4, -0.2) is 12.8 Å². The van der Waals surface area contributed by atoms with E-state index in [-0.39, 0.29) is 5.82 Å². The van der Waals surface area contributed by atoms with Gasteiger partial charge in [-0.2, -0.15) is 0 Å². The Hall–Kier alpha value is -3.14. The molecule has 4 heteroatoms. The van der Waals surface area contributed by atoms with Crippen molar-refractivity contribution in [3.05, 3.63) is 88.7 Å². The molecule has 3 aromatic rings. The number of fused-ring (bicyclic) bond motifs is 1. The normalized spacial score (nSPS) is 13.1. The maximum Gasteiger partial charge on any atom is 0.128 e. The predicted molar refractivity (Wildman–Crippen MR) is 121 cm³/mol. The smallest absolute Gasteiger partial charge is 0.128 e. The van der Waals surface area contributed by atoms with Gasteiger partial charge in [0, 0.05) is 36.6 Å². The van der Waals surface area contributed by atoms with Gasteiger partial charge in [-0.3, -0.25) is 0 Å². The van der Waals surface area contributed by atoms with Gasteiger partial charge < -0.3 is 15.0 Å². The van der Waals surface area contributed by atoms with Crippen molar-refractivity contribution >= 4 is 23.3 Å². The molecule has 0 bridgehead atoms. The second-order valence-corrected chi connectivity index (χ2v) is 7.81. The highest BCUT2D eigenvalue weighted by atomic mass is 19.1. The van der Waals surface area contributed by atoms with Crippen LogP contribution >= 0.6 is 0 Å². The molecule has 0 saturated carbocycles. The number of anilines is 3. The number of nitrogens with one attached hydrogen (secondary N) is 1. The molecule has 0 spiro atoms. The number of halogens is 1. The lowest BCUT2D eigenvalue weighted by molar-refractivity contribution is -0.107.